The van der Waals surface area contributed by atoms with Crippen molar-refractivity contribution >= 4 is 16.0 Å². The predicted molar refractivity (Wildman–Crippen MR) is 108 cm³/mol. The zero-order valence-corrected chi connectivity index (χ0v) is 17.9. The van der Waals surface area contributed by atoms with Crippen molar-refractivity contribution in [3.05, 3.63) is 35.5 Å². The molecular formula is C18H28N6O4S. The summed E-state index contributed by atoms with van der Waals surface area (Å²) < 4.78 is 36.7. The molecular weight excluding hydrogens is 396 g/mol. The molecule has 2 aromatic heterocycles. The molecule has 0 aromatic carbocycles. The first-order valence-corrected chi connectivity index (χ1v) is 11.4. The zero-order chi connectivity index (χ0) is 20.9. The van der Waals surface area contributed by atoms with E-state index in [4.69, 9.17) is 9.05 Å². The highest BCUT2D eigenvalue weighted by atomic mass is 32.2. The van der Waals surface area contributed by atoms with Gasteiger partial charge in [0.15, 0.2) is 11.7 Å². The van der Waals surface area contributed by atoms with Crippen molar-refractivity contribution in [1.29, 1.82) is 0 Å². The Hall–Kier alpha value is -2.40. The number of hydrogen-bond donors (Lipinski definition) is 1. The fourth-order valence-electron chi connectivity index (χ4n) is 3.02. The summed E-state index contributed by atoms with van der Waals surface area (Å²) in [6.07, 6.45) is 1.38. The van der Waals surface area contributed by atoms with E-state index in [0.717, 1.165) is 18.2 Å². The second kappa shape index (κ2) is 9.40. The van der Waals surface area contributed by atoms with Gasteiger partial charge in [-0.25, -0.2) is 13.4 Å². The molecule has 3 heterocycles. The molecule has 2 aromatic rings. The highest BCUT2D eigenvalue weighted by Crippen LogP contribution is 2.16. The minimum atomic E-state index is -3.43. The van der Waals surface area contributed by atoms with Crippen LogP contribution < -0.4 is 5.32 Å². The number of aliphatic imine (C=N–C) groups is 1. The van der Waals surface area contributed by atoms with Crippen molar-refractivity contribution in [2.45, 2.75) is 39.0 Å². The van der Waals surface area contributed by atoms with Gasteiger partial charge in [-0.1, -0.05) is 24.2 Å². The molecule has 1 N–H and O–H groups in total. The van der Waals surface area contributed by atoms with E-state index in [1.54, 1.807) is 6.07 Å². The number of nitrogens with zero attached hydrogens (tertiary/aromatic N) is 5. The quantitative estimate of drug-likeness (QED) is 0.524. The van der Waals surface area contributed by atoms with Crippen LogP contribution in [0.5, 0.6) is 0 Å². The number of guanidine groups is 1. The van der Waals surface area contributed by atoms with Gasteiger partial charge in [-0.2, -0.15) is 4.31 Å². The van der Waals surface area contributed by atoms with Crippen LogP contribution in [0.25, 0.3) is 0 Å². The molecule has 0 bridgehead atoms. The van der Waals surface area contributed by atoms with E-state index >= 15 is 0 Å². The van der Waals surface area contributed by atoms with Crippen molar-refractivity contribution < 1.29 is 17.5 Å². The normalized spacial score (nSPS) is 16.6. The maximum absolute atomic E-state index is 12.6. The van der Waals surface area contributed by atoms with Gasteiger partial charge >= 0.3 is 0 Å². The van der Waals surface area contributed by atoms with Gasteiger partial charge in [-0.15, -0.1) is 0 Å². The van der Waals surface area contributed by atoms with E-state index in [9.17, 15) is 8.42 Å². The summed E-state index contributed by atoms with van der Waals surface area (Å²) in [5.41, 5.74) is 1.32. The lowest BCUT2D eigenvalue weighted by Crippen LogP contribution is -2.53. The molecule has 10 nitrogen and oxygen atoms in total. The fraction of sp³-hybridized carbons (Fsp3) is 0.611. The average molecular weight is 425 g/mol. The second-order valence-corrected chi connectivity index (χ2v) is 9.14. The molecule has 0 unspecified atom stereocenters. The lowest BCUT2D eigenvalue weighted by Gasteiger charge is -2.35. The predicted octanol–water partition coefficient (Wildman–Crippen LogP) is 1.40. The van der Waals surface area contributed by atoms with Gasteiger partial charge in [0.25, 0.3) is 0 Å². The minimum absolute atomic E-state index is 0.151. The number of rotatable bonds is 7. The lowest BCUT2D eigenvalue weighted by molar-refractivity contribution is 0.259. The largest absolute Gasteiger partial charge is 0.364 e. The molecule has 1 aliphatic heterocycles. The molecule has 1 saturated heterocycles. The van der Waals surface area contributed by atoms with Crippen molar-refractivity contribution in [2.75, 3.05) is 32.7 Å². The van der Waals surface area contributed by atoms with Crippen LogP contribution in [0.1, 0.15) is 43.8 Å². The number of nitrogens with one attached hydrogen (secondary N) is 1. The van der Waals surface area contributed by atoms with Gasteiger partial charge in [0.1, 0.15) is 18.6 Å². The molecule has 3 rings (SSSR count). The van der Waals surface area contributed by atoms with Crippen LogP contribution in [0.2, 0.25) is 0 Å². The van der Waals surface area contributed by atoms with Gasteiger partial charge in [0.05, 0.1) is 11.4 Å². The van der Waals surface area contributed by atoms with Crippen molar-refractivity contribution in [3.63, 3.8) is 0 Å². The zero-order valence-electron chi connectivity index (χ0n) is 17.0. The smallest absolute Gasteiger partial charge is 0.220 e. The van der Waals surface area contributed by atoms with Crippen LogP contribution in [-0.4, -0.2) is 66.6 Å². The van der Waals surface area contributed by atoms with E-state index < -0.39 is 10.0 Å². The van der Waals surface area contributed by atoms with Crippen LogP contribution in [0.4, 0.5) is 0 Å². The van der Waals surface area contributed by atoms with Crippen molar-refractivity contribution in [3.8, 4) is 0 Å². The monoisotopic (exact) mass is 424 g/mol. The van der Waals surface area contributed by atoms with E-state index in [2.05, 4.69) is 39.4 Å². The van der Waals surface area contributed by atoms with Crippen LogP contribution in [-0.2, 0) is 22.3 Å². The number of sulfonamides is 1. The third kappa shape index (κ3) is 5.57. The summed E-state index contributed by atoms with van der Waals surface area (Å²) in [6.45, 7) is 9.11. The van der Waals surface area contributed by atoms with Crippen molar-refractivity contribution in [2.24, 2.45) is 4.99 Å². The van der Waals surface area contributed by atoms with Gasteiger partial charge in [-0.05, 0) is 12.8 Å². The maximum atomic E-state index is 12.6. The van der Waals surface area contributed by atoms with Gasteiger partial charge in [-0.3, -0.25) is 0 Å². The SMILES string of the molecule is CCNC(=NCc1cc(C(C)C)no1)N1CCN(S(=O)(=O)Cc2ccon2)CC1. The van der Waals surface area contributed by atoms with Crippen molar-refractivity contribution in [1.82, 2.24) is 24.8 Å². The Morgan fingerprint density at radius 1 is 1.28 bits per heavy atom. The number of hydrogen-bond acceptors (Lipinski definition) is 7. The first kappa shape index (κ1) is 21.3. The van der Waals surface area contributed by atoms with E-state index in [-0.39, 0.29) is 5.75 Å². The Labute approximate surface area is 171 Å². The molecule has 1 fully saturated rings. The van der Waals surface area contributed by atoms with Crippen LogP contribution >= 0.6 is 0 Å². The standard InChI is InChI=1S/C18H28N6O4S/c1-4-19-18(20-12-16-11-17(14(2)3)22-28-16)23-6-8-24(9-7-23)29(25,26)13-15-5-10-27-21-15/h5,10-11,14H,4,6-9,12-13H2,1-3H3,(H,19,20). The van der Waals surface area contributed by atoms with Gasteiger partial charge in [0.2, 0.25) is 10.0 Å². The average Bonchev–Trinajstić information content (AvgIpc) is 3.37. The Morgan fingerprint density at radius 2 is 2.03 bits per heavy atom. The number of piperazine rings is 1. The highest BCUT2D eigenvalue weighted by molar-refractivity contribution is 7.88. The van der Waals surface area contributed by atoms with Gasteiger partial charge < -0.3 is 19.3 Å². The Balaban J connectivity index is 1.60. The molecule has 1 aliphatic rings. The minimum Gasteiger partial charge on any atom is -0.364 e. The molecule has 0 spiro atoms. The summed E-state index contributed by atoms with van der Waals surface area (Å²) in [4.78, 5) is 6.70. The summed E-state index contributed by atoms with van der Waals surface area (Å²) in [5, 5.41) is 11.0. The first-order chi connectivity index (χ1) is 13.9. The van der Waals surface area contributed by atoms with Gasteiger partial charge in [0, 0.05) is 44.9 Å². The third-order valence-electron chi connectivity index (χ3n) is 4.64. The Morgan fingerprint density at radius 3 is 2.62 bits per heavy atom. The summed E-state index contributed by atoms with van der Waals surface area (Å²) in [7, 11) is -3.43. The Bertz CT molecular complexity index is 899. The molecule has 29 heavy (non-hydrogen) atoms. The van der Waals surface area contributed by atoms with E-state index in [1.165, 1.54) is 10.6 Å². The molecule has 0 atom stereocenters. The third-order valence-corrected chi connectivity index (χ3v) is 6.45. The van der Waals surface area contributed by atoms with Crippen LogP contribution in [0.15, 0.2) is 32.4 Å². The first-order valence-electron chi connectivity index (χ1n) is 9.75. The van der Waals surface area contributed by atoms with E-state index in [1.807, 2.05) is 13.0 Å². The molecule has 11 heteroatoms. The molecule has 160 valence electrons. The van der Waals surface area contributed by atoms with E-state index in [0.29, 0.717) is 50.1 Å². The molecule has 0 saturated carbocycles. The topological polar surface area (TPSA) is 117 Å². The molecule has 0 amide bonds. The summed E-state index contributed by atoms with van der Waals surface area (Å²) in [6, 6.07) is 3.49. The summed E-state index contributed by atoms with van der Waals surface area (Å²) >= 11 is 0. The number of aromatic nitrogens is 2. The van der Waals surface area contributed by atoms with Crippen LogP contribution in [0, 0.1) is 0 Å². The molecule has 0 aliphatic carbocycles. The Kier molecular flexibility index (Phi) is 6.91. The maximum Gasteiger partial charge on any atom is 0.220 e. The highest BCUT2D eigenvalue weighted by Gasteiger charge is 2.29. The summed E-state index contributed by atoms with van der Waals surface area (Å²) in [5.74, 6) is 1.60. The van der Waals surface area contributed by atoms with Crippen LogP contribution in [0.3, 0.4) is 0 Å². The second-order valence-electron chi connectivity index (χ2n) is 7.18. The lowest BCUT2D eigenvalue weighted by atomic mass is 10.1. The molecule has 0 radical (unpaired) electrons. The fourth-order valence-corrected chi connectivity index (χ4v) is 4.45.